The van der Waals surface area contributed by atoms with E-state index in [1.165, 1.54) is 0 Å². The first-order valence-electron chi connectivity index (χ1n) is 6.17. The van der Waals surface area contributed by atoms with E-state index in [1.807, 2.05) is 11.4 Å². The molecule has 0 aromatic carbocycles. The minimum absolute atomic E-state index is 0.115. The Bertz CT molecular complexity index is 544. The quantitative estimate of drug-likeness (QED) is 0.909. The van der Waals surface area contributed by atoms with Crippen molar-refractivity contribution in [1.29, 1.82) is 0 Å². The van der Waals surface area contributed by atoms with Crippen molar-refractivity contribution in [2.45, 2.75) is 33.1 Å². The fourth-order valence-corrected chi connectivity index (χ4v) is 3.29. The first kappa shape index (κ1) is 14.7. The molecule has 2 aromatic rings. The van der Waals surface area contributed by atoms with Crippen LogP contribution in [-0.4, -0.2) is 16.7 Å². The predicted octanol–water partition coefficient (Wildman–Crippen LogP) is 4.04. The van der Waals surface area contributed by atoms with Crippen LogP contribution in [0.2, 0.25) is 0 Å². The van der Waals surface area contributed by atoms with Gasteiger partial charge in [-0.05, 0) is 33.8 Å². The number of aromatic nitrogens is 2. The molecule has 0 spiro atoms. The molecule has 4 nitrogen and oxygen atoms in total. The first-order valence-corrected chi connectivity index (χ1v) is 7.84. The molecule has 0 saturated heterocycles. The highest BCUT2D eigenvalue weighted by Crippen LogP contribution is 2.32. The van der Waals surface area contributed by atoms with E-state index in [0.29, 0.717) is 18.3 Å². The monoisotopic (exact) mass is 343 g/mol. The summed E-state index contributed by atoms with van der Waals surface area (Å²) in [7, 11) is 0. The normalized spacial score (nSPS) is 13.7. The molecule has 2 rings (SSSR count). The summed E-state index contributed by atoms with van der Waals surface area (Å²) in [5, 5.41) is 6.05. The maximum Gasteiger partial charge on any atom is 0.231 e. The van der Waals surface area contributed by atoms with Crippen molar-refractivity contribution >= 4 is 27.3 Å². The van der Waals surface area contributed by atoms with Crippen molar-refractivity contribution in [2.75, 3.05) is 6.54 Å². The number of halogens is 1. The number of hydrogen-bond donors (Lipinski definition) is 1. The largest absolute Gasteiger partial charge is 0.339 e. The van der Waals surface area contributed by atoms with Gasteiger partial charge in [-0.25, -0.2) is 0 Å². The Kier molecular flexibility index (Phi) is 4.43. The highest BCUT2D eigenvalue weighted by molar-refractivity contribution is 9.10. The average molecular weight is 344 g/mol. The third kappa shape index (κ3) is 3.87. The van der Waals surface area contributed by atoms with E-state index in [2.05, 4.69) is 46.8 Å². The molecule has 2 N–H and O–H groups in total. The van der Waals surface area contributed by atoms with Crippen LogP contribution in [0.5, 0.6) is 0 Å². The molecule has 6 heteroatoms. The SMILES string of the molecule is CC(C)(C)CC(CN)c1nc(-c2cc(Br)cs2)no1. The topological polar surface area (TPSA) is 64.9 Å². The van der Waals surface area contributed by atoms with Gasteiger partial charge in [0.2, 0.25) is 11.7 Å². The van der Waals surface area contributed by atoms with E-state index >= 15 is 0 Å². The second-order valence-corrected chi connectivity index (χ2v) is 7.61. The molecule has 104 valence electrons. The van der Waals surface area contributed by atoms with Gasteiger partial charge in [-0.15, -0.1) is 11.3 Å². The van der Waals surface area contributed by atoms with Crippen LogP contribution in [-0.2, 0) is 0 Å². The lowest BCUT2D eigenvalue weighted by Gasteiger charge is -2.22. The van der Waals surface area contributed by atoms with E-state index in [1.54, 1.807) is 11.3 Å². The molecule has 2 aromatic heterocycles. The van der Waals surface area contributed by atoms with Crippen LogP contribution in [0, 0.1) is 5.41 Å². The molecule has 0 amide bonds. The van der Waals surface area contributed by atoms with Crippen LogP contribution in [0.25, 0.3) is 10.7 Å². The summed E-state index contributed by atoms with van der Waals surface area (Å²) in [6.45, 7) is 7.07. The molecule has 0 saturated carbocycles. The van der Waals surface area contributed by atoms with Crippen molar-refractivity contribution in [3.63, 3.8) is 0 Å². The lowest BCUT2D eigenvalue weighted by Crippen LogP contribution is -2.19. The molecule has 0 aliphatic rings. The molecule has 19 heavy (non-hydrogen) atoms. The molecule has 0 bridgehead atoms. The van der Waals surface area contributed by atoms with Crippen molar-refractivity contribution in [2.24, 2.45) is 11.1 Å². The summed E-state index contributed by atoms with van der Waals surface area (Å²) >= 11 is 5.01. The first-order chi connectivity index (χ1) is 8.89. The summed E-state index contributed by atoms with van der Waals surface area (Å²) in [4.78, 5) is 5.47. The Hall–Kier alpha value is -0.720. The zero-order valence-corrected chi connectivity index (χ0v) is 13.7. The Morgan fingerprint density at radius 2 is 2.21 bits per heavy atom. The van der Waals surface area contributed by atoms with E-state index in [9.17, 15) is 0 Å². The maximum absolute atomic E-state index is 5.83. The third-order valence-electron chi connectivity index (χ3n) is 2.72. The highest BCUT2D eigenvalue weighted by atomic mass is 79.9. The van der Waals surface area contributed by atoms with E-state index in [-0.39, 0.29) is 11.3 Å². The van der Waals surface area contributed by atoms with Crippen LogP contribution in [0.1, 0.15) is 39.0 Å². The van der Waals surface area contributed by atoms with Crippen LogP contribution in [0.4, 0.5) is 0 Å². The number of thiophene rings is 1. The van der Waals surface area contributed by atoms with Gasteiger partial charge in [-0.2, -0.15) is 4.98 Å². The minimum atomic E-state index is 0.115. The van der Waals surface area contributed by atoms with Crippen LogP contribution in [0.15, 0.2) is 20.4 Å². The fraction of sp³-hybridized carbons (Fsp3) is 0.538. The Labute approximate surface area is 125 Å². The van der Waals surface area contributed by atoms with Gasteiger partial charge < -0.3 is 10.3 Å². The second kappa shape index (κ2) is 5.73. The van der Waals surface area contributed by atoms with Crippen molar-refractivity contribution < 1.29 is 4.52 Å². The number of nitrogens with zero attached hydrogens (tertiary/aromatic N) is 2. The molecular weight excluding hydrogens is 326 g/mol. The molecule has 2 heterocycles. The summed E-state index contributed by atoms with van der Waals surface area (Å²) < 4.78 is 6.41. The summed E-state index contributed by atoms with van der Waals surface area (Å²) in [5.41, 5.74) is 6.02. The summed E-state index contributed by atoms with van der Waals surface area (Å²) in [5.74, 6) is 1.39. The van der Waals surface area contributed by atoms with Crippen molar-refractivity contribution in [3.05, 3.63) is 21.8 Å². The lowest BCUT2D eigenvalue weighted by atomic mass is 9.84. The molecular formula is C13H18BrN3OS. The van der Waals surface area contributed by atoms with Gasteiger partial charge >= 0.3 is 0 Å². The zero-order valence-electron chi connectivity index (χ0n) is 11.3. The van der Waals surface area contributed by atoms with Gasteiger partial charge in [0.1, 0.15) is 0 Å². The second-order valence-electron chi connectivity index (χ2n) is 5.78. The smallest absolute Gasteiger partial charge is 0.231 e. The maximum atomic E-state index is 5.83. The molecule has 0 aliphatic heterocycles. The van der Waals surface area contributed by atoms with Gasteiger partial charge in [-0.1, -0.05) is 25.9 Å². The van der Waals surface area contributed by atoms with Crippen molar-refractivity contribution in [1.82, 2.24) is 10.1 Å². The Morgan fingerprint density at radius 1 is 1.47 bits per heavy atom. The van der Waals surface area contributed by atoms with Gasteiger partial charge in [0.25, 0.3) is 0 Å². The Morgan fingerprint density at radius 3 is 2.74 bits per heavy atom. The third-order valence-corrected chi connectivity index (χ3v) is 4.41. The molecule has 1 unspecified atom stereocenters. The lowest BCUT2D eigenvalue weighted by molar-refractivity contribution is 0.287. The fourth-order valence-electron chi connectivity index (χ4n) is 1.94. The van der Waals surface area contributed by atoms with E-state index in [4.69, 9.17) is 10.3 Å². The zero-order chi connectivity index (χ0) is 14.0. The van der Waals surface area contributed by atoms with Gasteiger partial charge in [-0.3, -0.25) is 0 Å². The summed E-state index contributed by atoms with van der Waals surface area (Å²) in [6.07, 6.45) is 0.930. The minimum Gasteiger partial charge on any atom is -0.339 e. The highest BCUT2D eigenvalue weighted by Gasteiger charge is 2.24. The molecule has 1 atom stereocenters. The van der Waals surface area contributed by atoms with E-state index < -0.39 is 0 Å². The Balaban J connectivity index is 2.19. The summed E-state index contributed by atoms with van der Waals surface area (Å²) in [6, 6.07) is 1.99. The molecule has 0 radical (unpaired) electrons. The van der Waals surface area contributed by atoms with Gasteiger partial charge in [0, 0.05) is 16.4 Å². The molecule has 0 fully saturated rings. The van der Waals surface area contributed by atoms with Crippen LogP contribution < -0.4 is 5.73 Å². The van der Waals surface area contributed by atoms with E-state index in [0.717, 1.165) is 15.8 Å². The van der Waals surface area contributed by atoms with Crippen molar-refractivity contribution in [3.8, 4) is 10.7 Å². The molecule has 0 aliphatic carbocycles. The van der Waals surface area contributed by atoms with Crippen LogP contribution >= 0.6 is 27.3 Å². The number of nitrogens with two attached hydrogens (primary N) is 1. The van der Waals surface area contributed by atoms with Crippen LogP contribution in [0.3, 0.4) is 0 Å². The average Bonchev–Trinajstić information content (AvgIpc) is 2.92. The standard InChI is InChI=1S/C13H18BrN3OS/c1-13(2,3)5-8(6-15)12-16-11(17-18-12)10-4-9(14)7-19-10/h4,7-8H,5-6,15H2,1-3H3. The number of hydrogen-bond acceptors (Lipinski definition) is 5. The van der Waals surface area contributed by atoms with Gasteiger partial charge in [0.05, 0.1) is 10.8 Å². The van der Waals surface area contributed by atoms with Gasteiger partial charge in [0.15, 0.2) is 0 Å². The number of rotatable bonds is 4. The predicted molar refractivity (Wildman–Crippen MR) is 81.2 cm³/mol.